The summed E-state index contributed by atoms with van der Waals surface area (Å²) in [6.45, 7) is 0.903. The van der Waals surface area contributed by atoms with Gasteiger partial charge in [0.15, 0.2) is 6.10 Å². The first kappa shape index (κ1) is 25.7. The minimum Gasteiger partial charge on any atom is -0.343 e. The number of rotatable bonds is 5. The van der Waals surface area contributed by atoms with E-state index in [0.717, 1.165) is 6.92 Å². The Balaban J connectivity index is 2.90. The monoisotopic (exact) mass is 467 g/mol. The average Bonchev–Trinajstić information content (AvgIpc) is 2.55. The Kier molecular flexibility index (Phi) is 7.89. The number of halogens is 9. The topological polar surface area (TPSA) is 109 Å². The molecule has 1 amide bonds. The highest BCUT2D eigenvalue weighted by molar-refractivity contribution is 5.82. The largest absolute Gasteiger partial charge is 0.494 e. The minimum absolute atomic E-state index is 0.903. The zero-order chi connectivity index (χ0) is 23.5. The predicted molar refractivity (Wildman–Crippen MR) is 67.2 cm³/mol. The molecule has 1 rings (SSSR count). The lowest BCUT2D eigenvalue weighted by atomic mass is 9.99. The molecule has 1 heterocycles. The van der Waals surface area contributed by atoms with Crippen molar-refractivity contribution < 1.29 is 78.2 Å². The van der Waals surface area contributed by atoms with Crippen LogP contribution in [0.4, 0.5) is 39.5 Å². The fraction of sp³-hybridized carbons (Fsp3) is 0.750. The summed E-state index contributed by atoms with van der Waals surface area (Å²) in [7, 11) is 0. The van der Waals surface area contributed by atoms with Crippen LogP contribution in [0.1, 0.15) is 13.3 Å². The molecule has 0 aromatic heterocycles. The normalized spacial score (nSPS) is 25.4. The number of alkyl halides is 9. The fourth-order valence-corrected chi connectivity index (χ4v) is 1.93. The lowest BCUT2D eigenvalue weighted by molar-refractivity contribution is -0.403. The van der Waals surface area contributed by atoms with Crippen molar-refractivity contribution in [2.24, 2.45) is 0 Å². The van der Waals surface area contributed by atoms with Gasteiger partial charge in [-0.2, -0.15) is 49.3 Å². The fourth-order valence-electron chi connectivity index (χ4n) is 1.93. The van der Waals surface area contributed by atoms with Gasteiger partial charge in [-0.15, -0.1) is 0 Å². The van der Waals surface area contributed by atoms with E-state index in [0.29, 0.717) is 0 Å². The molecule has 1 aliphatic rings. The third-order valence-corrected chi connectivity index (χ3v) is 3.17. The van der Waals surface area contributed by atoms with Crippen molar-refractivity contribution in [2.75, 3.05) is 0 Å². The molecule has 0 radical (unpaired) electrons. The quantitative estimate of drug-likeness (QED) is 0.369. The molecule has 1 aliphatic heterocycles. The molecular weight excluding hydrogens is 457 g/mol. The van der Waals surface area contributed by atoms with Crippen molar-refractivity contribution >= 4 is 17.8 Å². The SMILES string of the molecule is C[C@@H]1OC(OOC(=O)C(F)(F)F)C[C@H](NC(=O)C(F)(F)F)[C@H]1OOC(=O)C(F)(F)F. The van der Waals surface area contributed by atoms with E-state index in [1.54, 1.807) is 0 Å². The van der Waals surface area contributed by atoms with Gasteiger partial charge < -0.3 is 10.1 Å². The summed E-state index contributed by atoms with van der Waals surface area (Å²) in [6.07, 6.45) is -23.2. The molecule has 1 fully saturated rings. The van der Waals surface area contributed by atoms with Crippen LogP contribution in [0.25, 0.3) is 0 Å². The van der Waals surface area contributed by atoms with Gasteiger partial charge >= 0.3 is 36.4 Å². The van der Waals surface area contributed by atoms with E-state index in [1.807, 2.05) is 0 Å². The molecule has 0 saturated carbocycles. The van der Waals surface area contributed by atoms with Gasteiger partial charge in [-0.25, -0.2) is 9.59 Å². The molecule has 0 aromatic rings. The van der Waals surface area contributed by atoms with E-state index >= 15 is 0 Å². The van der Waals surface area contributed by atoms with E-state index in [9.17, 15) is 53.9 Å². The van der Waals surface area contributed by atoms with Crippen LogP contribution < -0.4 is 5.32 Å². The number of ether oxygens (including phenoxy) is 1. The summed E-state index contributed by atoms with van der Waals surface area (Å²) < 4.78 is 115. The molecular formula is C12H10F9NO8. The van der Waals surface area contributed by atoms with Crippen LogP contribution in [0.2, 0.25) is 0 Å². The van der Waals surface area contributed by atoms with Crippen LogP contribution in [0, 0.1) is 0 Å². The van der Waals surface area contributed by atoms with Crippen molar-refractivity contribution in [3.8, 4) is 0 Å². The lowest BCUT2D eigenvalue weighted by Gasteiger charge is -2.38. The predicted octanol–water partition coefficient (Wildman–Crippen LogP) is 1.61. The van der Waals surface area contributed by atoms with Crippen molar-refractivity contribution in [1.82, 2.24) is 5.32 Å². The maximum Gasteiger partial charge on any atom is 0.494 e. The Morgan fingerprint density at radius 1 is 0.833 bits per heavy atom. The van der Waals surface area contributed by atoms with Gasteiger partial charge in [-0.3, -0.25) is 14.6 Å². The van der Waals surface area contributed by atoms with Crippen LogP contribution in [-0.4, -0.2) is 60.9 Å². The Labute approximate surface area is 159 Å². The molecule has 174 valence electrons. The van der Waals surface area contributed by atoms with Gasteiger partial charge in [-0.1, -0.05) is 0 Å². The summed E-state index contributed by atoms with van der Waals surface area (Å²) in [5, 5.41) is 1.27. The van der Waals surface area contributed by atoms with Gasteiger partial charge in [0.25, 0.3) is 0 Å². The second-order valence-corrected chi connectivity index (χ2v) is 5.48. The molecule has 0 bridgehead atoms. The number of amides is 1. The molecule has 1 unspecified atom stereocenters. The van der Waals surface area contributed by atoms with Crippen molar-refractivity contribution in [3.63, 3.8) is 0 Å². The maximum absolute atomic E-state index is 12.4. The van der Waals surface area contributed by atoms with E-state index in [1.165, 1.54) is 5.32 Å². The highest BCUT2D eigenvalue weighted by Crippen LogP contribution is 2.27. The summed E-state index contributed by atoms with van der Waals surface area (Å²) in [5.74, 6) is -8.37. The van der Waals surface area contributed by atoms with Gasteiger partial charge in [-0.05, 0) is 6.92 Å². The minimum atomic E-state index is -5.54. The average molecular weight is 467 g/mol. The number of nitrogens with one attached hydrogen (secondary N) is 1. The molecule has 0 aromatic carbocycles. The summed E-state index contributed by atoms with van der Waals surface area (Å²) in [6, 6.07) is -1.97. The molecule has 4 atom stereocenters. The zero-order valence-corrected chi connectivity index (χ0v) is 14.2. The molecule has 9 nitrogen and oxygen atoms in total. The zero-order valence-electron chi connectivity index (χ0n) is 14.2. The van der Waals surface area contributed by atoms with E-state index < -0.39 is 67.3 Å². The third-order valence-electron chi connectivity index (χ3n) is 3.17. The van der Waals surface area contributed by atoms with Crippen molar-refractivity contribution in [3.05, 3.63) is 0 Å². The Morgan fingerprint density at radius 2 is 1.30 bits per heavy atom. The summed E-state index contributed by atoms with van der Waals surface area (Å²) in [4.78, 5) is 47.3. The van der Waals surface area contributed by atoms with E-state index in [-0.39, 0.29) is 0 Å². The number of hydrogen-bond acceptors (Lipinski definition) is 8. The Morgan fingerprint density at radius 3 is 1.73 bits per heavy atom. The second kappa shape index (κ2) is 9.21. The Bertz CT molecular complexity index is 647. The Hall–Kier alpha value is -2.34. The second-order valence-electron chi connectivity index (χ2n) is 5.48. The molecule has 1 N–H and O–H groups in total. The highest BCUT2D eigenvalue weighted by Gasteiger charge is 2.49. The first-order chi connectivity index (χ1) is 13.4. The van der Waals surface area contributed by atoms with Gasteiger partial charge in [0, 0.05) is 6.42 Å². The van der Waals surface area contributed by atoms with Crippen LogP contribution in [0.15, 0.2) is 0 Å². The molecule has 30 heavy (non-hydrogen) atoms. The van der Waals surface area contributed by atoms with Gasteiger partial charge in [0.1, 0.15) is 0 Å². The van der Waals surface area contributed by atoms with Crippen LogP contribution in [-0.2, 0) is 38.7 Å². The first-order valence-corrected chi connectivity index (χ1v) is 7.35. The highest BCUT2D eigenvalue weighted by atomic mass is 19.4. The third kappa shape index (κ3) is 7.48. The van der Waals surface area contributed by atoms with E-state index in [2.05, 4.69) is 19.6 Å². The van der Waals surface area contributed by atoms with Crippen LogP contribution >= 0.6 is 0 Å². The molecule has 0 spiro atoms. The molecule has 18 heteroatoms. The number of carbonyl (C=O) groups excluding carboxylic acids is 3. The van der Waals surface area contributed by atoms with Gasteiger partial charge in [0.05, 0.1) is 12.1 Å². The van der Waals surface area contributed by atoms with Crippen molar-refractivity contribution in [2.45, 2.75) is 56.4 Å². The first-order valence-electron chi connectivity index (χ1n) is 7.35. The summed E-state index contributed by atoms with van der Waals surface area (Å²) >= 11 is 0. The standard InChI is InChI=1S/C12H10F9NO8/c1-3-6(28-30-9(25)12(19,20)21)4(22-7(23)10(13,14)15)2-5(26-3)27-29-8(24)11(16,17)18/h3-6H,2H2,1H3,(H,22,23)/t3-,4-,5?,6-/m0/s1. The number of carbonyl (C=O) groups is 3. The molecule has 0 aliphatic carbocycles. The van der Waals surface area contributed by atoms with Crippen molar-refractivity contribution in [1.29, 1.82) is 0 Å². The molecule has 1 saturated heterocycles. The maximum atomic E-state index is 12.4. The van der Waals surface area contributed by atoms with Crippen LogP contribution in [0.3, 0.4) is 0 Å². The smallest absolute Gasteiger partial charge is 0.343 e. The van der Waals surface area contributed by atoms with Crippen LogP contribution in [0.5, 0.6) is 0 Å². The summed E-state index contributed by atoms with van der Waals surface area (Å²) in [5.41, 5.74) is 0. The van der Waals surface area contributed by atoms with Gasteiger partial charge in [0.2, 0.25) is 6.29 Å². The lowest BCUT2D eigenvalue weighted by Crippen LogP contribution is -2.58. The van der Waals surface area contributed by atoms with E-state index in [4.69, 9.17) is 4.74 Å². The number of hydrogen-bond donors (Lipinski definition) is 1.